The summed E-state index contributed by atoms with van der Waals surface area (Å²) in [5, 5.41) is 3.35. The van der Waals surface area contributed by atoms with E-state index in [1.54, 1.807) is 49.6 Å². The molecule has 2 amide bonds. The number of carbonyl (C=O) groups excluding carboxylic acids is 2. The van der Waals surface area contributed by atoms with Crippen LogP contribution in [0.4, 0.5) is 5.69 Å². The van der Waals surface area contributed by atoms with E-state index >= 15 is 0 Å². The summed E-state index contributed by atoms with van der Waals surface area (Å²) >= 11 is 6.03. The Morgan fingerprint density at radius 3 is 2.19 bits per heavy atom. The van der Waals surface area contributed by atoms with Gasteiger partial charge in [0.05, 0.1) is 24.3 Å². The molecule has 9 nitrogen and oxygen atoms in total. The molecule has 0 spiro atoms. The molecule has 0 fully saturated rings. The van der Waals surface area contributed by atoms with Gasteiger partial charge >= 0.3 is 0 Å². The molecule has 0 saturated heterocycles. The van der Waals surface area contributed by atoms with Crippen molar-refractivity contribution in [3.63, 3.8) is 0 Å². The summed E-state index contributed by atoms with van der Waals surface area (Å²) in [7, 11) is -2.67. The highest BCUT2D eigenvalue weighted by Crippen LogP contribution is 2.28. The van der Waals surface area contributed by atoms with Crippen LogP contribution < -0.4 is 19.1 Å². The molecule has 0 heterocycles. The summed E-state index contributed by atoms with van der Waals surface area (Å²) in [4.78, 5) is 29.0. The smallest absolute Gasteiger partial charge is 0.264 e. The third kappa shape index (κ3) is 8.87. The molecule has 11 heteroatoms. The van der Waals surface area contributed by atoms with Gasteiger partial charge < -0.3 is 19.7 Å². The van der Waals surface area contributed by atoms with Crippen molar-refractivity contribution in [3.05, 3.63) is 83.4 Å². The maximum Gasteiger partial charge on any atom is 0.264 e. The Morgan fingerprint density at radius 1 is 0.930 bits per heavy atom. The minimum Gasteiger partial charge on any atom is -0.497 e. The lowest BCUT2D eigenvalue weighted by atomic mass is 10.1. The molecule has 3 aromatic carbocycles. The van der Waals surface area contributed by atoms with Crippen molar-refractivity contribution in [2.75, 3.05) is 24.6 Å². The number of nitrogens with one attached hydrogen (secondary N) is 1. The molecule has 3 rings (SSSR count). The van der Waals surface area contributed by atoms with Crippen molar-refractivity contribution in [3.8, 4) is 11.5 Å². The summed E-state index contributed by atoms with van der Waals surface area (Å²) in [6, 6.07) is 18.5. The lowest BCUT2D eigenvalue weighted by Gasteiger charge is -2.33. The number of rotatable bonds is 15. The van der Waals surface area contributed by atoms with E-state index < -0.39 is 28.5 Å². The van der Waals surface area contributed by atoms with E-state index in [0.717, 1.165) is 16.3 Å². The zero-order valence-corrected chi connectivity index (χ0v) is 26.8. The SMILES string of the molecule is CCOc1ccc(N(CC(=O)N(Cc2cccc(OC)c2)[C@@H](CC)C(=O)N[C@@H](C)CC)S(=O)(=O)c2ccc(Cl)cc2)cc1. The van der Waals surface area contributed by atoms with Gasteiger partial charge in [-0.05, 0) is 92.9 Å². The number of carbonyl (C=O) groups is 2. The standard InChI is InChI=1S/C32H40ClN3O6S/c1-6-23(4)34-32(38)30(7-2)35(21-24-10-9-11-28(20-24)41-5)31(37)22-36(26-14-16-27(17-15-26)42-8-3)43(39,40)29-18-12-25(33)13-19-29/h9-20,23,30H,6-8,21-22H2,1-5H3,(H,34,38)/t23-,30-/m0/s1. The minimum atomic E-state index is -4.22. The van der Waals surface area contributed by atoms with Gasteiger partial charge in [0.15, 0.2) is 0 Å². The lowest BCUT2D eigenvalue weighted by Crippen LogP contribution is -2.53. The monoisotopic (exact) mass is 629 g/mol. The van der Waals surface area contributed by atoms with Gasteiger partial charge in [0.1, 0.15) is 24.1 Å². The van der Waals surface area contributed by atoms with Gasteiger partial charge in [0.2, 0.25) is 11.8 Å². The highest BCUT2D eigenvalue weighted by atomic mass is 35.5. The maximum atomic E-state index is 14.2. The highest BCUT2D eigenvalue weighted by molar-refractivity contribution is 7.92. The molecule has 0 bridgehead atoms. The van der Waals surface area contributed by atoms with Crippen molar-refractivity contribution in [2.24, 2.45) is 0 Å². The van der Waals surface area contributed by atoms with Crippen molar-refractivity contribution in [1.82, 2.24) is 10.2 Å². The number of amides is 2. The second kappa shape index (κ2) is 15.6. The van der Waals surface area contributed by atoms with Crippen LogP contribution in [0.25, 0.3) is 0 Å². The van der Waals surface area contributed by atoms with Crippen molar-refractivity contribution < 1.29 is 27.5 Å². The molecule has 2 atom stereocenters. The summed E-state index contributed by atoms with van der Waals surface area (Å²) in [5.74, 6) is 0.318. The summed E-state index contributed by atoms with van der Waals surface area (Å²) in [6.45, 7) is 7.49. The van der Waals surface area contributed by atoms with Crippen LogP contribution in [0.3, 0.4) is 0 Å². The first-order valence-electron chi connectivity index (χ1n) is 14.3. The number of benzene rings is 3. The Kier molecular flexibility index (Phi) is 12.3. The normalized spacial score (nSPS) is 12.6. The molecule has 43 heavy (non-hydrogen) atoms. The van der Waals surface area contributed by atoms with Crippen LogP contribution in [0.1, 0.15) is 46.1 Å². The number of anilines is 1. The van der Waals surface area contributed by atoms with Gasteiger partial charge in [0.25, 0.3) is 10.0 Å². The first kappa shape index (κ1) is 33.7. The van der Waals surface area contributed by atoms with E-state index in [2.05, 4.69) is 5.32 Å². The van der Waals surface area contributed by atoms with Gasteiger partial charge in [-0.3, -0.25) is 13.9 Å². The molecule has 0 saturated carbocycles. The zero-order chi connectivity index (χ0) is 31.6. The molecule has 0 radical (unpaired) electrons. The molecule has 232 valence electrons. The number of nitrogens with zero attached hydrogens (tertiary/aromatic N) is 2. The molecular formula is C32H40ClN3O6S. The molecule has 1 N–H and O–H groups in total. The maximum absolute atomic E-state index is 14.2. The van der Waals surface area contributed by atoms with Crippen LogP contribution >= 0.6 is 11.6 Å². The quantitative estimate of drug-likeness (QED) is 0.232. The van der Waals surface area contributed by atoms with E-state index in [-0.39, 0.29) is 29.1 Å². The first-order chi connectivity index (χ1) is 20.5. The predicted molar refractivity (Wildman–Crippen MR) is 169 cm³/mol. The molecule has 0 aliphatic carbocycles. The zero-order valence-electron chi connectivity index (χ0n) is 25.2. The van der Waals surface area contributed by atoms with E-state index in [0.29, 0.717) is 29.5 Å². The van der Waals surface area contributed by atoms with Gasteiger partial charge in [-0.15, -0.1) is 0 Å². The average molecular weight is 630 g/mol. The minimum absolute atomic E-state index is 0.0283. The Hall–Kier alpha value is -3.76. The van der Waals surface area contributed by atoms with Gasteiger partial charge in [-0.25, -0.2) is 8.42 Å². The Balaban J connectivity index is 2.07. The number of ether oxygens (including phenoxy) is 2. The number of hydrogen-bond acceptors (Lipinski definition) is 6. The molecule has 3 aromatic rings. The second-order valence-corrected chi connectivity index (χ2v) is 12.3. The van der Waals surface area contributed by atoms with Gasteiger partial charge in [-0.1, -0.05) is 37.6 Å². The fourth-order valence-corrected chi connectivity index (χ4v) is 6.01. The van der Waals surface area contributed by atoms with Crippen molar-refractivity contribution in [2.45, 2.75) is 64.1 Å². The largest absolute Gasteiger partial charge is 0.497 e. The van der Waals surface area contributed by atoms with E-state index in [1.807, 2.05) is 33.8 Å². The van der Waals surface area contributed by atoms with E-state index in [4.69, 9.17) is 21.1 Å². The Labute approximate surface area is 259 Å². The molecule has 0 aromatic heterocycles. The first-order valence-corrected chi connectivity index (χ1v) is 16.1. The van der Waals surface area contributed by atoms with E-state index in [9.17, 15) is 18.0 Å². The fraction of sp³-hybridized carbons (Fsp3) is 0.375. The number of hydrogen-bond donors (Lipinski definition) is 1. The summed E-state index contributed by atoms with van der Waals surface area (Å²) < 4.78 is 39.9. The molecule has 0 aliphatic rings. The number of halogens is 1. The van der Waals surface area contributed by atoms with Crippen LogP contribution in [0.5, 0.6) is 11.5 Å². The molecule has 0 unspecified atom stereocenters. The topological polar surface area (TPSA) is 105 Å². The van der Waals surface area contributed by atoms with E-state index in [1.165, 1.54) is 29.2 Å². The number of sulfonamides is 1. The van der Waals surface area contributed by atoms with Crippen LogP contribution in [-0.4, -0.2) is 57.5 Å². The molecule has 0 aliphatic heterocycles. The van der Waals surface area contributed by atoms with Crippen LogP contribution in [0.15, 0.2) is 77.7 Å². The Bertz CT molecular complexity index is 1470. The summed E-state index contributed by atoms with van der Waals surface area (Å²) in [5.41, 5.74) is 1.00. The third-order valence-electron chi connectivity index (χ3n) is 6.99. The average Bonchev–Trinajstić information content (AvgIpc) is 3.00. The lowest BCUT2D eigenvalue weighted by molar-refractivity contribution is -0.140. The van der Waals surface area contributed by atoms with Gasteiger partial charge in [-0.2, -0.15) is 0 Å². The van der Waals surface area contributed by atoms with Crippen molar-refractivity contribution >= 4 is 39.1 Å². The van der Waals surface area contributed by atoms with Crippen LogP contribution in [0.2, 0.25) is 5.02 Å². The summed E-state index contributed by atoms with van der Waals surface area (Å²) in [6.07, 6.45) is 1.04. The third-order valence-corrected chi connectivity index (χ3v) is 9.03. The molecular weight excluding hydrogens is 590 g/mol. The van der Waals surface area contributed by atoms with Crippen LogP contribution in [-0.2, 0) is 26.2 Å². The van der Waals surface area contributed by atoms with Gasteiger partial charge in [0, 0.05) is 17.6 Å². The fourth-order valence-electron chi connectivity index (χ4n) is 4.47. The van der Waals surface area contributed by atoms with Crippen LogP contribution in [0, 0.1) is 0 Å². The predicted octanol–water partition coefficient (Wildman–Crippen LogP) is 5.66. The van der Waals surface area contributed by atoms with Crippen molar-refractivity contribution in [1.29, 1.82) is 0 Å². The number of methoxy groups -OCH3 is 1. The Morgan fingerprint density at radius 2 is 1.60 bits per heavy atom. The highest BCUT2D eigenvalue weighted by Gasteiger charge is 2.34. The second-order valence-electron chi connectivity index (χ2n) is 10.0.